The number of hydrogen-bond acceptors (Lipinski definition) is 5. The molecule has 1 N–H and O–H groups in total. The lowest BCUT2D eigenvalue weighted by Crippen LogP contribution is -2.34. The molecule has 5 nitrogen and oxygen atoms in total. The van der Waals surface area contributed by atoms with Crippen molar-refractivity contribution >= 4 is 103 Å². The molecule has 1 atom stereocenters. The predicted octanol–water partition coefficient (Wildman–Crippen LogP) is 5.99. The maximum Gasteiger partial charge on any atom is 0.477 e. The van der Waals surface area contributed by atoms with E-state index >= 15 is 0 Å². The van der Waals surface area contributed by atoms with Crippen LogP contribution < -0.4 is 0 Å². The van der Waals surface area contributed by atoms with E-state index in [0.29, 0.717) is 32.0 Å². The number of aliphatic hydroxyl groups excluding tert-OH is 1. The van der Waals surface area contributed by atoms with Crippen LogP contribution in [0.25, 0.3) is 0 Å². The Kier molecular flexibility index (Phi) is 15.3. The number of halogens is 6. The second-order valence-electron chi connectivity index (χ2n) is 5.53. The first kappa shape index (κ1) is 27.7. The maximum absolute atomic E-state index is 13.0. The smallest absolute Gasteiger partial charge is 0.364 e. The van der Waals surface area contributed by atoms with Crippen molar-refractivity contribution in [2.24, 2.45) is 10.8 Å². The van der Waals surface area contributed by atoms with E-state index in [9.17, 15) is 9.67 Å². The Hall–Kier alpha value is 2.69. The zero-order valence-electron chi connectivity index (χ0n) is 13.3. The standard InChI is InChI=1S/C13H21Br6O5P/c1-2-11(20)24-25(21,22-9-12(3-14,4-15)5-16)23-10-13(6-17,7-18)8-19/h2,11,20H,1,3-10H2. The Morgan fingerprint density at radius 2 is 1.20 bits per heavy atom. The largest absolute Gasteiger partial charge is 0.477 e. The van der Waals surface area contributed by atoms with Crippen LogP contribution in [0.15, 0.2) is 12.7 Å². The molecule has 25 heavy (non-hydrogen) atoms. The topological polar surface area (TPSA) is 65.0 Å². The summed E-state index contributed by atoms with van der Waals surface area (Å²) in [6, 6.07) is 0. The van der Waals surface area contributed by atoms with Gasteiger partial charge in [-0.1, -0.05) is 102 Å². The fraction of sp³-hybridized carbons (Fsp3) is 0.846. The molecule has 0 aliphatic heterocycles. The van der Waals surface area contributed by atoms with Crippen LogP contribution in [0.3, 0.4) is 0 Å². The normalized spacial score (nSPS) is 14.5. The van der Waals surface area contributed by atoms with Gasteiger partial charge in [-0.25, -0.2) is 4.57 Å². The van der Waals surface area contributed by atoms with Crippen LogP contribution in [-0.4, -0.2) is 56.6 Å². The van der Waals surface area contributed by atoms with Gasteiger partial charge in [0.2, 0.25) is 0 Å². The molecule has 0 aromatic heterocycles. The predicted molar refractivity (Wildman–Crippen MR) is 124 cm³/mol. The summed E-state index contributed by atoms with van der Waals surface area (Å²) >= 11 is 20.6. The average Bonchev–Trinajstić information content (AvgIpc) is 2.65. The van der Waals surface area contributed by atoms with Gasteiger partial charge in [0, 0.05) is 42.8 Å². The summed E-state index contributed by atoms with van der Waals surface area (Å²) in [5.74, 6) is 0. The van der Waals surface area contributed by atoms with E-state index < -0.39 is 14.1 Å². The van der Waals surface area contributed by atoms with E-state index in [0.717, 1.165) is 6.08 Å². The van der Waals surface area contributed by atoms with Crippen LogP contribution in [-0.2, 0) is 18.1 Å². The molecular weight excluding hydrogens is 747 g/mol. The summed E-state index contributed by atoms with van der Waals surface area (Å²) < 4.78 is 29.2. The Morgan fingerprint density at radius 3 is 1.44 bits per heavy atom. The lowest BCUT2D eigenvalue weighted by molar-refractivity contribution is -0.0241. The number of alkyl halides is 6. The average molecular weight is 768 g/mol. The molecular formula is C13H21Br6O5P. The number of aliphatic hydroxyl groups is 1. The van der Waals surface area contributed by atoms with Crippen molar-refractivity contribution in [3.05, 3.63) is 12.7 Å². The molecule has 0 bridgehead atoms. The minimum absolute atomic E-state index is 0.0971. The molecule has 0 rings (SSSR count). The molecule has 0 heterocycles. The third kappa shape index (κ3) is 9.36. The van der Waals surface area contributed by atoms with E-state index in [2.05, 4.69) is 102 Å². The van der Waals surface area contributed by atoms with E-state index in [1.165, 1.54) is 0 Å². The van der Waals surface area contributed by atoms with E-state index in [1.807, 2.05) is 0 Å². The molecule has 0 fully saturated rings. The third-order valence-corrected chi connectivity index (χ3v) is 11.7. The van der Waals surface area contributed by atoms with Gasteiger partial charge in [0.1, 0.15) is 0 Å². The Morgan fingerprint density at radius 1 is 0.880 bits per heavy atom. The summed E-state index contributed by atoms with van der Waals surface area (Å²) in [6.45, 7) is 3.60. The highest BCUT2D eigenvalue weighted by Gasteiger charge is 2.38. The minimum Gasteiger partial charge on any atom is -0.364 e. The first-order valence-corrected chi connectivity index (χ1v) is 15.2. The Bertz CT molecular complexity index is 389. The van der Waals surface area contributed by atoms with Crippen molar-refractivity contribution in [1.29, 1.82) is 0 Å². The van der Waals surface area contributed by atoms with Crippen molar-refractivity contribution < 1.29 is 23.2 Å². The minimum atomic E-state index is -4.01. The molecule has 0 saturated carbocycles. The number of phosphoric acid groups is 1. The summed E-state index contributed by atoms with van der Waals surface area (Å²) in [5, 5.41) is 13.3. The second-order valence-corrected chi connectivity index (χ2v) is 10.5. The molecule has 0 saturated heterocycles. The lowest BCUT2D eigenvalue weighted by atomic mass is 9.98. The zero-order valence-corrected chi connectivity index (χ0v) is 23.7. The zero-order chi connectivity index (χ0) is 19.6. The summed E-state index contributed by atoms with van der Waals surface area (Å²) in [6.07, 6.45) is -0.345. The van der Waals surface area contributed by atoms with Crippen LogP contribution in [0, 0.1) is 10.8 Å². The fourth-order valence-corrected chi connectivity index (χ4v) is 9.10. The first-order chi connectivity index (χ1) is 11.7. The van der Waals surface area contributed by atoms with Crippen LogP contribution in [0.4, 0.5) is 0 Å². The van der Waals surface area contributed by atoms with Crippen molar-refractivity contribution in [1.82, 2.24) is 0 Å². The van der Waals surface area contributed by atoms with E-state index in [-0.39, 0.29) is 24.0 Å². The fourth-order valence-electron chi connectivity index (χ4n) is 1.15. The first-order valence-electron chi connectivity index (χ1n) is 6.98. The number of rotatable bonds is 15. The van der Waals surface area contributed by atoms with E-state index in [1.54, 1.807) is 0 Å². The molecule has 0 radical (unpaired) electrons. The van der Waals surface area contributed by atoms with Crippen LogP contribution >= 0.6 is 103 Å². The van der Waals surface area contributed by atoms with Gasteiger partial charge in [0.05, 0.1) is 13.2 Å². The van der Waals surface area contributed by atoms with Crippen LogP contribution in [0.5, 0.6) is 0 Å². The molecule has 0 aromatic rings. The van der Waals surface area contributed by atoms with Gasteiger partial charge < -0.3 is 5.11 Å². The molecule has 0 aliphatic rings. The highest BCUT2D eigenvalue weighted by Crippen LogP contribution is 2.53. The van der Waals surface area contributed by atoms with Crippen molar-refractivity contribution in [2.75, 3.05) is 45.2 Å². The van der Waals surface area contributed by atoms with Crippen molar-refractivity contribution in [2.45, 2.75) is 6.29 Å². The van der Waals surface area contributed by atoms with Crippen LogP contribution in [0.2, 0.25) is 0 Å². The van der Waals surface area contributed by atoms with Gasteiger partial charge in [0.25, 0.3) is 0 Å². The third-order valence-electron chi connectivity index (χ3n) is 3.20. The Labute approximate surface area is 199 Å². The molecule has 12 heteroatoms. The van der Waals surface area contributed by atoms with Gasteiger partial charge in [-0.15, -0.1) is 0 Å². The summed E-state index contributed by atoms with van der Waals surface area (Å²) in [5.41, 5.74) is -0.697. The quantitative estimate of drug-likeness (QED) is 0.0961. The summed E-state index contributed by atoms with van der Waals surface area (Å²) in [4.78, 5) is 0. The Balaban J connectivity index is 5.24. The SMILES string of the molecule is C=CC(O)OP(=O)(OCC(CBr)(CBr)CBr)OCC(CBr)(CBr)CBr. The van der Waals surface area contributed by atoms with Crippen LogP contribution in [0.1, 0.15) is 0 Å². The molecule has 1 unspecified atom stereocenters. The van der Waals surface area contributed by atoms with E-state index in [4.69, 9.17) is 13.6 Å². The monoisotopic (exact) mass is 762 g/mol. The van der Waals surface area contributed by atoms with Gasteiger partial charge in [-0.2, -0.15) is 0 Å². The molecule has 150 valence electrons. The molecule has 0 aliphatic carbocycles. The van der Waals surface area contributed by atoms with Gasteiger partial charge >= 0.3 is 7.82 Å². The van der Waals surface area contributed by atoms with Gasteiger partial charge in [0.15, 0.2) is 6.29 Å². The number of hydrogen-bond donors (Lipinski definition) is 1. The summed E-state index contributed by atoms with van der Waals surface area (Å²) in [7, 11) is -4.01. The van der Waals surface area contributed by atoms with Crippen molar-refractivity contribution in [3.8, 4) is 0 Å². The highest BCUT2D eigenvalue weighted by molar-refractivity contribution is 9.10. The molecule has 0 amide bonds. The molecule has 0 aromatic carbocycles. The lowest BCUT2D eigenvalue weighted by Gasteiger charge is -2.32. The second kappa shape index (κ2) is 13.8. The van der Waals surface area contributed by atoms with Gasteiger partial charge in [-0.3, -0.25) is 13.6 Å². The van der Waals surface area contributed by atoms with Crippen molar-refractivity contribution in [3.63, 3.8) is 0 Å². The maximum atomic E-state index is 13.0. The molecule has 0 spiro atoms. The number of phosphoric ester groups is 1. The highest BCUT2D eigenvalue weighted by atomic mass is 79.9. The van der Waals surface area contributed by atoms with Gasteiger partial charge in [-0.05, 0) is 6.08 Å².